The largest absolute Gasteiger partial charge is 0.334 e. The standard InChI is InChI=1S/C19H22N8OS/c1-13-12-14(2)27(24-13)18-22-23-19(26(18)21)29-15(3)17(28)25(11-7-10-20)16-8-5-4-6-9-16/h4-6,8-9,12,15H,7,11,21H2,1-3H3. The van der Waals surface area contributed by atoms with E-state index in [1.807, 2.05) is 50.2 Å². The lowest BCUT2D eigenvalue weighted by molar-refractivity contribution is -0.117. The lowest BCUT2D eigenvalue weighted by atomic mass is 10.2. The molecule has 10 heteroatoms. The van der Waals surface area contributed by atoms with Gasteiger partial charge in [0.2, 0.25) is 11.1 Å². The molecule has 3 aromatic rings. The van der Waals surface area contributed by atoms with Gasteiger partial charge in [0.05, 0.1) is 23.4 Å². The molecule has 2 N–H and O–H groups in total. The zero-order valence-electron chi connectivity index (χ0n) is 16.5. The SMILES string of the molecule is Cc1cc(C)n(-c2nnc(SC(C)C(=O)N(CCC#N)c3ccccc3)n2N)n1. The van der Waals surface area contributed by atoms with E-state index in [1.54, 1.807) is 16.5 Å². The Morgan fingerprint density at radius 2 is 2.03 bits per heavy atom. The molecule has 0 aliphatic carbocycles. The van der Waals surface area contributed by atoms with E-state index < -0.39 is 5.25 Å². The fourth-order valence-corrected chi connectivity index (χ4v) is 3.72. The molecule has 0 radical (unpaired) electrons. The van der Waals surface area contributed by atoms with Crippen LogP contribution >= 0.6 is 11.8 Å². The molecule has 1 aromatic carbocycles. The van der Waals surface area contributed by atoms with Crippen molar-refractivity contribution in [3.05, 3.63) is 47.8 Å². The van der Waals surface area contributed by atoms with Crippen LogP contribution in [0.4, 0.5) is 5.69 Å². The fraction of sp³-hybridized carbons (Fsp3) is 0.316. The second-order valence-corrected chi connectivity index (χ2v) is 7.79. The summed E-state index contributed by atoms with van der Waals surface area (Å²) in [6.07, 6.45) is 0.243. The normalized spacial score (nSPS) is 11.8. The first-order chi connectivity index (χ1) is 13.9. The predicted molar refractivity (Wildman–Crippen MR) is 111 cm³/mol. The van der Waals surface area contributed by atoms with Gasteiger partial charge < -0.3 is 10.7 Å². The molecular formula is C19H22N8OS. The molecule has 1 unspecified atom stereocenters. The Kier molecular flexibility index (Phi) is 6.19. The number of carbonyl (C=O) groups excluding carboxylic acids is 1. The molecule has 2 aromatic heterocycles. The molecule has 2 heterocycles. The molecule has 3 rings (SSSR count). The number of nitrogen functional groups attached to an aromatic ring is 1. The number of nitrogens with zero attached hydrogens (tertiary/aromatic N) is 7. The number of nitrogens with two attached hydrogens (primary N) is 1. The van der Waals surface area contributed by atoms with Crippen molar-refractivity contribution in [1.29, 1.82) is 5.26 Å². The van der Waals surface area contributed by atoms with E-state index in [1.165, 1.54) is 16.4 Å². The van der Waals surface area contributed by atoms with Crippen LogP contribution < -0.4 is 10.7 Å². The molecule has 0 bridgehead atoms. The van der Waals surface area contributed by atoms with Crippen LogP contribution in [0.15, 0.2) is 41.6 Å². The minimum absolute atomic E-state index is 0.132. The molecule has 0 spiro atoms. The Morgan fingerprint density at radius 3 is 2.66 bits per heavy atom. The zero-order valence-corrected chi connectivity index (χ0v) is 17.3. The van der Waals surface area contributed by atoms with E-state index in [0.717, 1.165) is 17.1 Å². The summed E-state index contributed by atoms with van der Waals surface area (Å²) in [6.45, 7) is 5.89. The Morgan fingerprint density at radius 1 is 1.31 bits per heavy atom. The molecule has 0 saturated heterocycles. The van der Waals surface area contributed by atoms with E-state index in [4.69, 9.17) is 11.1 Å². The number of carbonyl (C=O) groups is 1. The Hall–Kier alpha value is -3.32. The molecular weight excluding hydrogens is 388 g/mol. The lowest BCUT2D eigenvalue weighted by Crippen LogP contribution is -2.37. The molecule has 150 valence electrons. The van der Waals surface area contributed by atoms with Crippen molar-refractivity contribution in [3.8, 4) is 12.0 Å². The van der Waals surface area contributed by atoms with Gasteiger partial charge in [-0.05, 0) is 39.0 Å². The van der Waals surface area contributed by atoms with Crippen LogP contribution in [-0.2, 0) is 4.79 Å². The number of hydrogen-bond donors (Lipinski definition) is 1. The summed E-state index contributed by atoms with van der Waals surface area (Å²) < 4.78 is 2.94. The minimum Gasteiger partial charge on any atom is -0.334 e. The number of benzene rings is 1. The van der Waals surface area contributed by atoms with E-state index in [2.05, 4.69) is 21.4 Å². The molecule has 0 aliphatic rings. The molecule has 0 saturated carbocycles. The van der Waals surface area contributed by atoms with Crippen LogP contribution in [0.25, 0.3) is 5.95 Å². The van der Waals surface area contributed by atoms with Crippen molar-refractivity contribution in [2.24, 2.45) is 0 Å². The first-order valence-electron chi connectivity index (χ1n) is 9.06. The van der Waals surface area contributed by atoms with Gasteiger partial charge in [0.15, 0.2) is 0 Å². The van der Waals surface area contributed by atoms with Crippen molar-refractivity contribution < 1.29 is 4.79 Å². The first kappa shape index (κ1) is 20.4. The number of aryl methyl sites for hydroxylation is 2. The summed E-state index contributed by atoms with van der Waals surface area (Å²) in [6, 6.07) is 13.3. The van der Waals surface area contributed by atoms with Crippen molar-refractivity contribution in [2.75, 3.05) is 17.3 Å². The van der Waals surface area contributed by atoms with Crippen molar-refractivity contribution in [3.63, 3.8) is 0 Å². The summed E-state index contributed by atoms with van der Waals surface area (Å²) in [5.41, 5.74) is 2.48. The molecule has 1 atom stereocenters. The average molecular weight is 411 g/mol. The highest BCUT2D eigenvalue weighted by atomic mass is 32.2. The second-order valence-electron chi connectivity index (χ2n) is 6.49. The van der Waals surface area contributed by atoms with Gasteiger partial charge in [-0.3, -0.25) is 4.79 Å². The smallest absolute Gasteiger partial charge is 0.271 e. The number of amides is 1. The topological polar surface area (TPSA) is 119 Å². The summed E-state index contributed by atoms with van der Waals surface area (Å²) in [7, 11) is 0. The number of thioether (sulfide) groups is 1. The van der Waals surface area contributed by atoms with Gasteiger partial charge in [-0.2, -0.15) is 10.4 Å². The highest BCUT2D eigenvalue weighted by Gasteiger charge is 2.25. The Labute approximate surface area is 173 Å². The Balaban J connectivity index is 1.80. The van der Waals surface area contributed by atoms with E-state index in [-0.39, 0.29) is 12.3 Å². The third-order valence-corrected chi connectivity index (χ3v) is 5.30. The molecule has 9 nitrogen and oxygen atoms in total. The number of hydrogen-bond acceptors (Lipinski definition) is 7. The van der Waals surface area contributed by atoms with Crippen LogP contribution in [0, 0.1) is 25.2 Å². The van der Waals surface area contributed by atoms with Crippen molar-refractivity contribution in [2.45, 2.75) is 37.6 Å². The number of aromatic nitrogens is 5. The number of nitriles is 1. The monoisotopic (exact) mass is 410 g/mol. The maximum atomic E-state index is 13.1. The van der Waals surface area contributed by atoms with E-state index >= 15 is 0 Å². The lowest BCUT2D eigenvalue weighted by Gasteiger charge is -2.24. The molecule has 29 heavy (non-hydrogen) atoms. The summed E-state index contributed by atoms with van der Waals surface area (Å²) in [5, 5.41) is 21.5. The van der Waals surface area contributed by atoms with E-state index in [0.29, 0.717) is 17.6 Å². The quantitative estimate of drug-likeness (QED) is 0.468. The number of para-hydroxylation sites is 1. The fourth-order valence-electron chi connectivity index (χ4n) is 2.89. The van der Waals surface area contributed by atoms with Gasteiger partial charge >= 0.3 is 0 Å². The van der Waals surface area contributed by atoms with Gasteiger partial charge in [0.1, 0.15) is 0 Å². The molecule has 0 fully saturated rings. The third-order valence-electron chi connectivity index (χ3n) is 4.26. The highest BCUT2D eigenvalue weighted by molar-refractivity contribution is 8.00. The van der Waals surface area contributed by atoms with E-state index in [9.17, 15) is 4.79 Å². The average Bonchev–Trinajstić information content (AvgIpc) is 3.23. The van der Waals surface area contributed by atoms with Crippen molar-refractivity contribution >= 4 is 23.4 Å². The van der Waals surface area contributed by atoms with Crippen LogP contribution in [0.1, 0.15) is 24.7 Å². The number of rotatable bonds is 7. The Bertz CT molecular complexity index is 1040. The summed E-state index contributed by atoms with van der Waals surface area (Å²) >= 11 is 1.21. The van der Waals surface area contributed by atoms with Gasteiger partial charge in [0.25, 0.3) is 5.95 Å². The second kappa shape index (κ2) is 8.79. The zero-order chi connectivity index (χ0) is 21.0. The maximum absolute atomic E-state index is 13.1. The van der Waals surface area contributed by atoms with Crippen LogP contribution in [0.5, 0.6) is 0 Å². The summed E-state index contributed by atoms with van der Waals surface area (Å²) in [5.74, 6) is 6.42. The molecule has 0 aliphatic heterocycles. The third kappa shape index (κ3) is 4.41. The predicted octanol–water partition coefficient (Wildman–Crippen LogP) is 2.22. The first-order valence-corrected chi connectivity index (χ1v) is 9.94. The van der Waals surface area contributed by atoms with Gasteiger partial charge in [-0.15, -0.1) is 10.2 Å². The number of anilines is 1. The summed E-state index contributed by atoms with van der Waals surface area (Å²) in [4.78, 5) is 14.7. The minimum atomic E-state index is -0.478. The van der Waals surface area contributed by atoms with Gasteiger partial charge in [0, 0.05) is 17.9 Å². The van der Waals surface area contributed by atoms with Gasteiger partial charge in [-0.1, -0.05) is 30.0 Å². The van der Waals surface area contributed by atoms with Crippen LogP contribution in [0.3, 0.4) is 0 Å². The van der Waals surface area contributed by atoms with Crippen LogP contribution in [-0.4, -0.2) is 42.4 Å². The molecule has 1 amide bonds. The van der Waals surface area contributed by atoms with Gasteiger partial charge in [-0.25, -0.2) is 9.36 Å². The maximum Gasteiger partial charge on any atom is 0.271 e. The highest BCUT2D eigenvalue weighted by Crippen LogP contribution is 2.25. The van der Waals surface area contributed by atoms with Crippen molar-refractivity contribution in [1.82, 2.24) is 24.7 Å². The van der Waals surface area contributed by atoms with Crippen LogP contribution in [0.2, 0.25) is 0 Å².